The average molecular weight is 403 g/mol. The zero-order chi connectivity index (χ0) is 20.1. The number of rotatable bonds is 5. The van der Waals surface area contributed by atoms with Gasteiger partial charge in [-0.2, -0.15) is 5.10 Å². The number of amides is 2. The van der Waals surface area contributed by atoms with E-state index in [-0.39, 0.29) is 0 Å². The Balaban J connectivity index is 1.52. The molecule has 0 aliphatic rings. The first kappa shape index (κ1) is 18.8. The van der Waals surface area contributed by atoms with Gasteiger partial charge in [-0.3, -0.25) is 0 Å². The summed E-state index contributed by atoms with van der Waals surface area (Å²) in [4.78, 5) is 12.0. The molecule has 0 fully saturated rings. The maximum Gasteiger partial charge on any atom is 0.339 e. The van der Waals surface area contributed by atoms with Crippen molar-refractivity contribution < 1.29 is 4.79 Å². The Bertz CT molecular complexity index is 1170. The Kier molecular flexibility index (Phi) is 5.59. The number of para-hydroxylation sites is 2. The van der Waals surface area contributed by atoms with Crippen LogP contribution in [0.1, 0.15) is 11.1 Å². The van der Waals surface area contributed by atoms with Crippen molar-refractivity contribution in [2.75, 3.05) is 5.32 Å². The first-order valence-electron chi connectivity index (χ1n) is 9.17. The summed E-state index contributed by atoms with van der Waals surface area (Å²) in [5.41, 5.74) is 6.23. The number of carbonyl (C=O) groups is 1. The van der Waals surface area contributed by atoms with Gasteiger partial charge in [-0.05, 0) is 29.8 Å². The normalized spacial score (nSPS) is 11.1. The number of benzene rings is 3. The molecule has 0 saturated carbocycles. The van der Waals surface area contributed by atoms with Crippen LogP contribution in [0.2, 0.25) is 5.02 Å². The molecule has 29 heavy (non-hydrogen) atoms. The molecule has 4 rings (SSSR count). The number of carbonyl (C=O) groups excluding carboxylic acids is 1. The Morgan fingerprint density at radius 1 is 0.966 bits per heavy atom. The third kappa shape index (κ3) is 4.47. The minimum absolute atomic E-state index is 0.396. The van der Waals surface area contributed by atoms with E-state index >= 15 is 0 Å². The molecule has 0 unspecified atom stereocenters. The van der Waals surface area contributed by atoms with Crippen LogP contribution in [-0.2, 0) is 6.54 Å². The van der Waals surface area contributed by atoms with Gasteiger partial charge in [-0.1, -0.05) is 66.2 Å². The maximum atomic E-state index is 12.0. The number of hydrogen-bond acceptors (Lipinski definition) is 2. The van der Waals surface area contributed by atoms with Crippen molar-refractivity contribution in [1.29, 1.82) is 0 Å². The van der Waals surface area contributed by atoms with Gasteiger partial charge < -0.3 is 9.88 Å². The predicted octanol–water partition coefficient (Wildman–Crippen LogP) is 5.50. The van der Waals surface area contributed by atoms with E-state index in [2.05, 4.69) is 26.5 Å². The van der Waals surface area contributed by atoms with Crippen LogP contribution in [-0.4, -0.2) is 16.8 Å². The number of anilines is 1. The van der Waals surface area contributed by atoms with Gasteiger partial charge in [0.2, 0.25) is 0 Å². The second-order valence-corrected chi connectivity index (χ2v) is 6.92. The van der Waals surface area contributed by atoms with Crippen LogP contribution in [0.5, 0.6) is 0 Å². The van der Waals surface area contributed by atoms with Gasteiger partial charge >= 0.3 is 6.03 Å². The second-order valence-electron chi connectivity index (χ2n) is 6.51. The van der Waals surface area contributed by atoms with Crippen molar-refractivity contribution in [3.8, 4) is 0 Å². The SMILES string of the molecule is O=C(NN=Cc1cn(Cc2ccccc2Cl)c2ccccc12)Nc1ccccc1. The van der Waals surface area contributed by atoms with E-state index in [4.69, 9.17) is 11.6 Å². The van der Waals surface area contributed by atoms with E-state index < -0.39 is 6.03 Å². The summed E-state index contributed by atoms with van der Waals surface area (Å²) in [5, 5.41) is 8.61. The van der Waals surface area contributed by atoms with Gasteiger partial charge in [0, 0.05) is 39.9 Å². The number of urea groups is 1. The summed E-state index contributed by atoms with van der Waals surface area (Å²) >= 11 is 6.32. The molecule has 144 valence electrons. The molecule has 0 bridgehead atoms. The number of hydrogen-bond donors (Lipinski definition) is 2. The summed E-state index contributed by atoms with van der Waals surface area (Å²) < 4.78 is 2.13. The van der Waals surface area contributed by atoms with E-state index in [9.17, 15) is 4.79 Å². The van der Waals surface area contributed by atoms with Crippen LogP contribution in [0.3, 0.4) is 0 Å². The van der Waals surface area contributed by atoms with Gasteiger partial charge in [-0.25, -0.2) is 10.2 Å². The molecule has 0 aliphatic heterocycles. The molecule has 0 aliphatic carbocycles. The van der Waals surface area contributed by atoms with Crippen LogP contribution < -0.4 is 10.7 Å². The Labute approximate surface area is 173 Å². The van der Waals surface area contributed by atoms with Gasteiger partial charge in [0.15, 0.2) is 0 Å². The smallest absolute Gasteiger partial charge is 0.339 e. The highest BCUT2D eigenvalue weighted by molar-refractivity contribution is 6.31. The highest BCUT2D eigenvalue weighted by Crippen LogP contribution is 2.23. The molecular weight excluding hydrogens is 384 g/mol. The number of aromatic nitrogens is 1. The first-order valence-corrected chi connectivity index (χ1v) is 9.55. The predicted molar refractivity (Wildman–Crippen MR) is 119 cm³/mol. The highest BCUT2D eigenvalue weighted by Gasteiger charge is 2.09. The van der Waals surface area contributed by atoms with Gasteiger partial charge in [0.1, 0.15) is 0 Å². The van der Waals surface area contributed by atoms with Crippen LogP contribution in [0.15, 0.2) is 90.2 Å². The minimum Gasteiger partial charge on any atom is -0.342 e. The summed E-state index contributed by atoms with van der Waals surface area (Å²) in [5.74, 6) is 0. The lowest BCUT2D eigenvalue weighted by atomic mass is 10.2. The van der Waals surface area contributed by atoms with Crippen LogP contribution >= 0.6 is 11.6 Å². The largest absolute Gasteiger partial charge is 0.342 e. The third-order valence-corrected chi connectivity index (χ3v) is 4.89. The fourth-order valence-corrected chi connectivity index (χ4v) is 3.36. The van der Waals surface area contributed by atoms with Crippen LogP contribution in [0.25, 0.3) is 10.9 Å². The molecule has 3 aromatic carbocycles. The number of halogens is 1. The lowest BCUT2D eigenvalue weighted by Crippen LogP contribution is -2.24. The molecule has 0 radical (unpaired) electrons. The topological polar surface area (TPSA) is 58.4 Å². The number of nitrogens with zero attached hydrogens (tertiary/aromatic N) is 2. The van der Waals surface area contributed by atoms with E-state index in [1.807, 2.05) is 79.0 Å². The standard InChI is InChI=1S/C23H19ClN4O/c24-21-12-6-4-8-17(21)15-28-16-18(20-11-5-7-13-22(20)28)14-25-27-23(29)26-19-9-2-1-3-10-19/h1-14,16H,15H2,(H2,26,27,29). The monoisotopic (exact) mass is 402 g/mol. The van der Waals surface area contributed by atoms with Gasteiger partial charge in [0.25, 0.3) is 0 Å². The van der Waals surface area contributed by atoms with Crippen LogP contribution in [0.4, 0.5) is 10.5 Å². The van der Waals surface area contributed by atoms with Crippen molar-refractivity contribution in [3.63, 3.8) is 0 Å². The quantitative estimate of drug-likeness (QED) is 0.336. The fourth-order valence-electron chi connectivity index (χ4n) is 3.16. The number of nitrogens with one attached hydrogen (secondary N) is 2. The van der Waals surface area contributed by atoms with E-state index in [1.165, 1.54) is 0 Å². The van der Waals surface area contributed by atoms with E-state index in [1.54, 1.807) is 6.21 Å². The van der Waals surface area contributed by atoms with Crippen molar-refractivity contribution in [3.05, 3.63) is 101 Å². The van der Waals surface area contributed by atoms with Gasteiger partial charge in [0.05, 0.1) is 6.21 Å². The molecule has 1 aromatic heterocycles. The molecule has 1 heterocycles. The number of hydrazone groups is 1. The molecule has 2 amide bonds. The Morgan fingerprint density at radius 2 is 1.69 bits per heavy atom. The van der Waals surface area contributed by atoms with Crippen molar-refractivity contribution in [2.45, 2.75) is 6.54 Å². The molecule has 6 heteroatoms. The molecule has 5 nitrogen and oxygen atoms in total. The number of fused-ring (bicyclic) bond motifs is 1. The molecule has 2 N–H and O–H groups in total. The minimum atomic E-state index is -0.396. The van der Waals surface area contributed by atoms with Crippen LogP contribution in [0, 0.1) is 0 Å². The summed E-state index contributed by atoms with van der Waals surface area (Å²) in [6.07, 6.45) is 3.66. The van der Waals surface area contributed by atoms with E-state index in [0.29, 0.717) is 12.2 Å². The lowest BCUT2D eigenvalue weighted by Gasteiger charge is -2.07. The van der Waals surface area contributed by atoms with Crippen molar-refractivity contribution in [2.24, 2.45) is 5.10 Å². The molecule has 4 aromatic rings. The zero-order valence-electron chi connectivity index (χ0n) is 15.5. The fraction of sp³-hybridized carbons (Fsp3) is 0.0435. The molecule has 0 atom stereocenters. The summed E-state index contributed by atoms with van der Waals surface area (Å²) in [6.45, 7) is 0.649. The van der Waals surface area contributed by atoms with Crippen molar-refractivity contribution in [1.82, 2.24) is 9.99 Å². The molecule has 0 saturated heterocycles. The van der Waals surface area contributed by atoms with E-state index in [0.717, 1.165) is 27.1 Å². The average Bonchev–Trinajstić information content (AvgIpc) is 3.08. The highest BCUT2D eigenvalue weighted by atomic mass is 35.5. The molecular formula is C23H19ClN4O. The Morgan fingerprint density at radius 3 is 2.52 bits per heavy atom. The third-order valence-electron chi connectivity index (χ3n) is 4.52. The summed E-state index contributed by atoms with van der Waals surface area (Å²) in [6, 6.07) is 24.7. The lowest BCUT2D eigenvalue weighted by molar-refractivity contribution is 0.252. The zero-order valence-corrected chi connectivity index (χ0v) is 16.3. The second kappa shape index (κ2) is 8.63. The Hall–Kier alpha value is -3.57. The van der Waals surface area contributed by atoms with Gasteiger partial charge in [-0.15, -0.1) is 0 Å². The maximum absolute atomic E-state index is 12.0. The molecule has 0 spiro atoms. The first-order chi connectivity index (χ1) is 14.2. The van der Waals surface area contributed by atoms with Crippen molar-refractivity contribution >= 4 is 40.4 Å². The summed E-state index contributed by atoms with van der Waals surface area (Å²) in [7, 11) is 0.